The summed E-state index contributed by atoms with van der Waals surface area (Å²) < 4.78 is 27.9. The quantitative estimate of drug-likeness (QED) is 0.537. The molecule has 32 heavy (non-hydrogen) atoms. The van der Waals surface area contributed by atoms with E-state index in [9.17, 15) is 13.2 Å². The Labute approximate surface area is 193 Å². The van der Waals surface area contributed by atoms with E-state index in [1.54, 1.807) is 36.4 Å². The summed E-state index contributed by atoms with van der Waals surface area (Å²) in [6.45, 7) is 3.40. The van der Waals surface area contributed by atoms with Crippen LogP contribution in [0.3, 0.4) is 0 Å². The van der Waals surface area contributed by atoms with Gasteiger partial charge in [0.05, 0.1) is 23.1 Å². The van der Waals surface area contributed by atoms with Gasteiger partial charge in [0.2, 0.25) is 5.91 Å². The fraction of sp³-hybridized carbons (Fsp3) is 0.167. The fourth-order valence-electron chi connectivity index (χ4n) is 3.06. The molecule has 0 aliphatic heterocycles. The zero-order chi connectivity index (χ0) is 23.3. The van der Waals surface area contributed by atoms with Gasteiger partial charge in [0.25, 0.3) is 10.0 Å². The molecule has 1 amide bonds. The molecule has 0 heterocycles. The Balaban J connectivity index is 1.91. The van der Waals surface area contributed by atoms with Crippen LogP contribution >= 0.6 is 11.6 Å². The third-order valence-corrected chi connectivity index (χ3v) is 7.03. The summed E-state index contributed by atoms with van der Waals surface area (Å²) in [5.74, 6) is -0.492. The second-order valence-corrected chi connectivity index (χ2v) is 9.61. The molecule has 0 radical (unpaired) electrons. The molecule has 0 unspecified atom stereocenters. The predicted molar refractivity (Wildman–Crippen MR) is 126 cm³/mol. The van der Waals surface area contributed by atoms with E-state index in [0.717, 1.165) is 21.0 Å². The molecule has 0 aliphatic carbocycles. The van der Waals surface area contributed by atoms with Gasteiger partial charge in [-0.15, -0.1) is 0 Å². The van der Waals surface area contributed by atoms with E-state index in [1.807, 2.05) is 19.9 Å². The van der Waals surface area contributed by atoms with Crippen molar-refractivity contribution in [1.29, 1.82) is 5.26 Å². The molecule has 0 atom stereocenters. The number of amides is 1. The first-order valence-corrected chi connectivity index (χ1v) is 11.6. The molecule has 8 heteroatoms. The van der Waals surface area contributed by atoms with Crippen LogP contribution < -0.4 is 9.62 Å². The Morgan fingerprint density at radius 2 is 1.66 bits per heavy atom. The van der Waals surface area contributed by atoms with E-state index < -0.39 is 22.5 Å². The summed E-state index contributed by atoms with van der Waals surface area (Å²) >= 11 is 5.91. The van der Waals surface area contributed by atoms with Crippen LogP contribution in [0.2, 0.25) is 5.02 Å². The number of carbonyl (C=O) groups excluding carboxylic acids is 1. The van der Waals surface area contributed by atoms with E-state index in [1.165, 1.54) is 24.3 Å². The zero-order valence-electron chi connectivity index (χ0n) is 17.7. The molecule has 0 saturated heterocycles. The zero-order valence-corrected chi connectivity index (χ0v) is 19.2. The van der Waals surface area contributed by atoms with Crippen molar-refractivity contribution in [3.63, 3.8) is 0 Å². The normalized spacial score (nSPS) is 10.9. The van der Waals surface area contributed by atoms with Crippen molar-refractivity contribution in [3.05, 3.63) is 88.4 Å². The van der Waals surface area contributed by atoms with Crippen molar-refractivity contribution in [1.82, 2.24) is 0 Å². The number of carbonyl (C=O) groups is 1. The highest BCUT2D eigenvalue weighted by Gasteiger charge is 2.27. The average Bonchev–Trinajstić information content (AvgIpc) is 2.76. The molecule has 0 aromatic heterocycles. The van der Waals surface area contributed by atoms with Gasteiger partial charge in [-0.1, -0.05) is 29.8 Å². The lowest BCUT2D eigenvalue weighted by molar-refractivity contribution is -0.114. The second-order valence-electron chi connectivity index (χ2n) is 7.31. The molecule has 3 aromatic carbocycles. The number of nitrogens with one attached hydrogen (secondary N) is 1. The molecule has 3 rings (SSSR count). The number of anilines is 2. The third-order valence-electron chi connectivity index (χ3n) is 4.99. The maximum atomic E-state index is 13.4. The Morgan fingerprint density at radius 1 is 1.00 bits per heavy atom. The first-order valence-electron chi connectivity index (χ1n) is 9.82. The van der Waals surface area contributed by atoms with Crippen LogP contribution in [0.15, 0.2) is 71.6 Å². The van der Waals surface area contributed by atoms with E-state index >= 15 is 0 Å². The summed E-state index contributed by atoms with van der Waals surface area (Å²) in [7, 11) is -4.02. The molecule has 6 nitrogen and oxygen atoms in total. The number of sulfonamides is 1. The van der Waals surface area contributed by atoms with Gasteiger partial charge in [0.1, 0.15) is 6.54 Å². The van der Waals surface area contributed by atoms with Crippen molar-refractivity contribution in [2.45, 2.75) is 25.2 Å². The predicted octanol–water partition coefficient (Wildman–Crippen LogP) is 4.86. The van der Waals surface area contributed by atoms with Crippen LogP contribution in [0.1, 0.15) is 16.7 Å². The van der Waals surface area contributed by atoms with Crippen LogP contribution in [-0.2, 0) is 21.2 Å². The minimum Gasteiger partial charge on any atom is -0.325 e. The molecule has 1 N–H and O–H groups in total. The molecular formula is C24H22ClN3O3S. The minimum atomic E-state index is -4.02. The second kappa shape index (κ2) is 9.86. The number of benzene rings is 3. The van der Waals surface area contributed by atoms with Gasteiger partial charge in [0, 0.05) is 10.7 Å². The van der Waals surface area contributed by atoms with Gasteiger partial charge in [0.15, 0.2) is 0 Å². The highest BCUT2D eigenvalue weighted by atomic mass is 35.5. The van der Waals surface area contributed by atoms with E-state index in [-0.39, 0.29) is 11.3 Å². The summed E-state index contributed by atoms with van der Waals surface area (Å²) in [5, 5.41) is 11.9. The standard InChI is InChI=1S/C24H22ClN3O3S/c1-17-3-10-22(15-18(17)2)28(32(30,31)23-11-6-20(25)7-12-23)16-24(29)27-21-8-4-19(5-9-21)13-14-26/h3-12,15H,13,16H2,1-2H3,(H,27,29). The smallest absolute Gasteiger partial charge is 0.264 e. The number of hydrogen-bond donors (Lipinski definition) is 1. The van der Waals surface area contributed by atoms with Crippen LogP contribution in [0, 0.1) is 25.2 Å². The monoisotopic (exact) mass is 467 g/mol. The van der Waals surface area contributed by atoms with Gasteiger partial charge in [-0.2, -0.15) is 5.26 Å². The van der Waals surface area contributed by atoms with Crippen molar-refractivity contribution < 1.29 is 13.2 Å². The minimum absolute atomic E-state index is 0.0359. The van der Waals surface area contributed by atoms with Crippen molar-refractivity contribution in [3.8, 4) is 6.07 Å². The number of nitriles is 1. The van der Waals surface area contributed by atoms with Crippen LogP contribution in [0.25, 0.3) is 0 Å². The van der Waals surface area contributed by atoms with Gasteiger partial charge in [-0.3, -0.25) is 9.10 Å². The van der Waals surface area contributed by atoms with Crippen LogP contribution in [0.4, 0.5) is 11.4 Å². The first kappa shape index (κ1) is 23.3. The van der Waals surface area contributed by atoms with Crippen molar-refractivity contribution >= 4 is 38.9 Å². The largest absolute Gasteiger partial charge is 0.325 e. The SMILES string of the molecule is Cc1ccc(N(CC(=O)Nc2ccc(CC#N)cc2)S(=O)(=O)c2ccc(Cl)cc2)cc1C. The highest BCUT2D eigenvalue weighted by molar-refractivity contribution is 7.92. The molecule has 3 aromatic rings. The van der Waals surface area contributed by atoms with Crippen molar-refractivity contribution in [2.75, 3.05) is 16.2 Å². The lowest BCUT2D eigenvalue weighted by Crippen LogP contribution is -2.38. The fourth-order valence-corrected chi connectivity index (χ4v) is 4.60. The number of rotatable bonds is 7. The Bertz CT molecular complexity index is 1270. The van der Waals surface area contributed by atoms with Gasteiger partial charge >= 0.3 is 0 Å². The van der Waals surface area contributed by atoms with Gasteiger partial charge in [-0.05, 0) is 79.1 Å². The maximum Gasteiger partial charge on any atom is 0.264 e. The van der Waals surface area contributed by atoms with Crippen molar-refractivity contribution in [2.24, 2.45) is 0 Å². The molecule has 164 valence electrons. The maximum absolute atomic E-state index is 13.4. The molecule has 0 fully saturated rings. The Morgan fingerprint density at radius 3 is 2.25 bits per heavy atom. The van der Waals surface area contributed by atoms with E-state index in [4.69, 9.17) is 16.9 Å². The van der Waals surface area contributed by atoms with E-state index in [2.05, 4.69) is 11.4 Å². The molecule has 0 saturated carbocycles. The Kier molecular flexibility index (Phi) is 7.18. The summed E-state index contributed by atoms with van der Waals surface area (Å²) in [4.78, 5) is 12.8. The number of aryl methyl sites for hydroxylation is 2. The van der Waals surface area contributed by atoms with Gasteiger partial charge in [-0.25, -0.2) is 8.42 Å². The number of nitrogens with zero attached hydrogens (tertiary/aromatic N) is 2. The molecule has 0 aliphatic rings. The Hall–Kier alpha value is -3.34. The average molecular weight is 468 g/mol. The highest BCUT2D eigenvalue weighted by Crippen LogP contribution is 2.26. The molecule has 0 bridgehead atoms. The summed E-state index contributed by atoms with van der Waals surface area (Å²) in [5.41, 5.74) is 3.66. The lowest BCUT2D eigenvalue weighted by atomic mass is 10.1. The molecule has 0 spiro atoms. The number of hydrogen-bond acceptors (Lipinski definition) is 4. The summed E-state index contributed by atoms with van der Waals surface area (Å²) in [6, 6.07) is 20.0. The van der Waals surface area contributed by atoms with Crippen LogP contribution in [-0.4, -0.2) is 20.9 Å². The lowest BCUT2D eigenvalue weighted by Gasteiger charge is -2.25. The topological polar surface area (TPSA) is 90.3 Å². The van der Waals surface area contributed by atoms with E-state index in [0.29, 0.717) is 16.4 Å². The van der Waals surface area contributed by atoms with Gasteiger partial charge < -0.3 is 5.32 Å². The third kappa shape index (κ3) is 5.47. The first-order chi connectivity index (χ1) is 15.2. The molecular weight excluding hydrogens is 446 g/mol. The van der Waals surface area contributed by atoms with Crippen LogP contribution in [0.5, 0.6) is 0 Å². The number of halogens is 1. The summed E-state index contributed by atoms with van der Waals surface area (Å²) in [6.07, 6.45) is 0.272.